The van der Waals surface area contributed by atoms with Gasteiger partial charge < -0.3 is 29.9 Å². The minimum atomic E-state index is -0.568. The zero-order valence-corrected chi connectivity index (χ0v) is 26.4. The molecule has 2 heterocycles. The maximum atomic E-state index is 13.1. The number of nitrogens with one attached hydrogen (secondary N) is 2. The van der Waals surface area contributed by atoms with Gasteiger partial charge in [-0.15, -0.1) is 0 Å². The average molecular weight is 615 g/mol. The first kappa shape index (κ1) is 31.5. The Balaban J connectivity index is 1.25. The molecule has 1 aliphatic heterocycles. The number of anilines is 3. The summed E-state index contributed by atoms with van der Waals surface area (Å²) in [6.07, 6.45) is 1.47. The topological polar surface area (TPSA) is 109 Å². The molecule has 0 bridgehead atoms. The summed E-state index contributed by atoms with van der Waals surface area (Å²) in [5.41, 5.74) is 1.71. The third-order valence-electron chi connectivity index (χ3n) is 7.28. The van der Waals surface area contributed by atoms with Gasteiger partial charge in [-0.05, 0) is 86.8 Å². The van der Waals surface area contributed by atoms with Crippen LogP contribution >= 0.6 is 0 Å². The van der Waals surface area contributed by atoms with Crippen molar-refractivity contribution in [2.45, 2.75) is 53.2 Å². The number of piperazine rings is 1. The number of nitrogens with zero attached hydrogens (tertiary/aromatic N) is 4. The third kappa shape index (κ3) is 8.17. The Morgan fingerprint density at radius 2 is 1.47 bits per heavy atom. The van der Waals surface area contributed by atoms with Gasteiger partial charge in [-0.1, -0.05) is 20.8 Å². The molecule has 1 fully saturated rings. The maximum absolute atomic E-state index is 13.1. The summed E-state index contributed by atoms with van der Waals surface area (Å²) in [7, 11) is 0. The molecule has 1 aromatic heterocycles. The number of amides is 3. The molecule has 0 saturated carbocycles. The standard InChI is InChI=1S/C34H39FN6O4/c1-33(2,3)29-21-40(17-18-41(29)32(43)45-34(4,5)6)30-20-36-27-16-15-26(19-28(27)39-30)44-25-13-11-24(12-14-25)38-31(42)37-23-9-7-22(35)8-10-23/h7-16,19-20,29H,17-18,21H2,1-6H3,(H2,37,38,42). The lowest BCUT2D eigenvalue weighted by atomic mass is 9.84. The van der Waals surface area contributed by atoms with Crippen LogP contribution in [0.1, 0.15) is 41.5 Å². The fourth-order valence-corrected chi connectivity index (χ4v) is 5.04. The van der Waals surface area contributed by atoms with Crippen LogP contribution in [0.25, 0.3) is 11.0 Å². The summed E-state index contributed by atoms with van der Waals surface area (Å²) < 4.78 is 24.9. The van der Waals surface area contributed by atoms with Crippen molar-refractivity contribution in [3.63, 3.8) is 0 Å². The molecule has 11 heteroatoms. The Labute approximate surface area is 262 Å². The number of hydrogen-bond donors (Lipinski definition) is 2. The highest BCUT2D eigenvalue weighted by atomic mass is 19.1. The highest BCUT2D eigenvalue weighted by Crippen LogP contribution is 2.32. The van der Waals surface area contributed by atoms with Gasteiger partial charge in [0.25, 0.3) is 0 Å². The largest absolute Gasteiger partial charge is 0.457 e. The van der Waals surface area contributed by atoms with Gasteiger partial charge in [0.05, 0.1) is 23.3 Å². The lowest BCUT2D eigenvalue weighted by Crippen LogP contribution is -2.60. The Hall–Kier alpha value is -4.93. The second-order valence-corrected chi connectivity index (χ2v) is 13.1. The van der Waals surface area contributed by atoms with Gasteiger partial charge in [0.2, 0.25) is 0 Å². The Morgan fingerprint density at radius 3 is 2.09 bits per heavy atom. The van der Waals surface area contributed by atoms with Crippen molar-refractivity contribution in [3.8, 4) is 11.5 Å². The van der Waals surface area contributed by atoms with Crippen molar-refractivity contribution >= 4 is 40.4 Å². The van der Waals surface area contributed by atoms with Crippen LogP contribution < -0.4 is 20.3 Å². The molecule has 1 aliphatic rings. The number of ether oxygens (including phenoxy) is 2. The minimum absolute atomic E-state index is 0.0836. The van der Waals surface area contributed by atoms with Crippen LogP contribution in [0.15, 0.2) is 72.9 Å². The number of urea groups is 1. The van der Waals surface area contributed by atoms with Crippen molar-refractivity contribution in [1.82, 2.24) is 14.9 Å². The number of benzene rings is 3. The van der Waals surface area contributed by atoms with Gasteiger partial charge in [-0.25, -0.2) is 19.0 Å². The normalized spacial score (nSPS) is 15.5. The molecule has 0 aliphatic carbocycles. The first-order valence-corrected chi connectivity index (χ1v) is 14.9. The molecular formula is C34H39FN6O4. The number of carbonyl (C=O) groups is 2. The van der Waals surface area contributed by atoms with Crippen LogP contribution in [-0.4, -0.2) is 58.3 Å². The van der Waals surface area contributed by atoms with Crippen LogP contribution in [0.3, 0.4) is 0 Å². The fraction of sp³-hybridized carbons (Fsp3) is 0.353. The Kier molecular flexibility index (Phi) is 8.81. The summed E-state index contributed by atoms with van der Waals surface area (Å²) in [6.45, 7) is 13.7. The molecule has 3 amide bonds. The molecule has 1 unspecified atom stereocenters. The molecule has 236 valence electrons. The molecule has 0 spiro atoms. The van der Waals surface area contributed by atoms with Gasteiger partial charge in [-0.3, -0.25) is 4.98 Å². The van der Waals surface area contributed by atoms with E-state index in [9.17, 15) is 14.0 Å². The number of carbonyl (C=O) groups excluding carboxylic acids is 2. The van der Waals surface area contributed by atoms with E-state index >= 15 is 0 Å². The van der Waals surface area contributed by atoms with Crippen molar-refractivity contribution in [3.05, 3.63) is 78.7 Å². The summed E-state index contributed by atoms with van der Waals surface area (Å²) in [4.78, 5) is 38.9. The molecule has 5 rings (SSSR count). The first-order chi connectivity index (χ1) is 21.2. The number of aromatic nitrogens is 2. The number of fused-ring (bicyclic) bond motifs is 1. The lowest BCUT2D eigenvalue weighted by Gasteiger charge is -2.47. The predicted molar refractivity (Wildman–Crippen MR) is 173 cm³/mol. The van der Waals surface area contributed by atoms with E-state index in [-0.39, 0.29) is 23.4 Å². The van der Waals surface area contributed by atoms with E-state index in [0.29, 0.717) is 48.0 Å². The van der Waals surface area contributed by atoms with Crippen molar-refractivity contribution in [2.24, 2.45) is 5.41 Å². The maximum Gasteiger partial charge on any atom is 0.410 e. The molecular weight excluding hydrogens is 575 g/mol. The van der Waals surface area contributed by atoms with E-state index in [4.69, 9.17) is 14.5 Å². The highest BCUT2D eigenvalue weighted by molar-refractivity contribution is 5.99. The lowest BCUT2D eigenvalue weighted by molar-refractivity contribution is -0.000699. The van der Waals surface area contributed by atoms with Gasteiger partial charge in [0, 0.05) is 37.1 Å². The highest BCUT2D eigenvalue weighted by Gasteiger charge is 2.40. The zero-order valence-electron chi connectivity index (χ0n) is 26.4. The fourth-order valence-electron chi connectivity index (χ4n) is 5.04. The minimum Gasteiger partial charge on any atom is -0.457 e. The SMILES string of the molecule is CC(C)(C)OC(=O)N1CCN(c2cnc3ccc(Oc4ccc(NC(=O)Nc5ccc(F)cc5)cc4)cc3n2)CC1C(C)(C)C. The molecule has 1 atom stereocenters. The van der Waals surface area contributed by atoms with Crippen LogP contribution in [0.4, 0.5) is 31.2 Å². The van der Waals surface area contributed by atoms with Crippen LogP contribution in [0, 0.1) is 11.2 Å². The van der Waals surface area contributed by atoms with E-state index < -0.39 is 11.6 Å². The molecule has 3 aromatic carbocycles. The average Bonchev–Trinajstić information content (AvgIpc) is 2.97. The molecule has 4 aromatic rings. The van der Waals surface area contributed by atoms with E-state index in [1.54, 1.807) is 30.5 Å². The Morgan fingerprint density at radius 1 is 0.844 bits per heavy atom. The summed E-state index contributed by atoms with van der Waals surface area (Å²) in [5.74, 6) is 1.52. The van der Waals surface area contributed by atoms with E-state index in [0.717, 1.165) is 11.3 Å². The van der Waals surface area contributed by atoms with Gasteiger partial charge in [0.1, 0.15) is 28.7 Å². The van der Waals surface area contributed by atoms with Crippen molar-refractivity contribution < 1.29 is 23.5 Å². The smallest absolute Gasteiger partial charge is 0.410 e. The predicted octanol–water partition coefficient (Wildman–Crippen LogP) is 7.68. The molecule has 10 nitrogen and oxygen atoms in total. The van der Waals surface area contributed by atoms with Crippen molar-refractivity contribution in [1.29, 1.82) is 0 Å². The molecule has 1 saturated heterocycles. The quantitative estimate of drug-likeness (QED) is 0.237. The van der Waals surface area contributed by atoms with Crippen LogP contribution in [0.2, 0.25) is 0 Å². The zero-order chi connectivity index (χ0) is 32.4. The van der Waals surface area contributed by atoms with Gasteiger partial charge in [-0.2, -0.15) is 0 Å². The number of rotatable bonds is 5. The van der Waals surface area contributed by atoms with Crippen LogP contribution in [0.5, 0.6) is 11.5 Å². The van der Waals surface area contributed by atoms with Crippen LogP contribution in [-0.2, 0) is 4.74 Å². The number of halogens is 1. The number of hydrogen-bond acceptors (Lipinski definition) is 7. The molecule has 45 heavy (non-hydrogen) atoms. The van der Waals surface area contributed by atoms with E-state index in [1.807, 2.05) is 43.9 Å². The summed E-state index contributed by atoms with van der Waals surface area (Å²) >= 11 is 0. The summed E-state index contributed by atoms with van der Waals surface area (Å²) in [5, 5.41) is 5.39. The summed E-state index contributed by atoms with van der Waals surface area (Å²) in [6, 6.07) is 17.5. The van der Waals surface area contributed by atoms with Gasteiger partial charge >= 0.3 is 12.1 Å². The third-order valence-corrected chi connectivity index (χ3v) is 7.28. The van der Waals surface area contributed by atoms with Gasteiger partial charge in [0.15, 0.2) is 0 Å². The van der Waals surface area contributed by atoms with Crippen molar-refractivity contribution in [2.75, 3.05) is 35.2 Å². The Bertz CT molecular complexity index is 1670. The molecule has 2 N–H and O–H groups in total. The second kappa shape index (κ2) is 12.6. The van der Waals surface area contributed by atoms with E-state index in [1.165, 1.54) is 24.3 Å². The first-order valence-electron chi connectivity index (χ1n) is 14.9. The molecule has 0 radical (unpaired) electrons. The second-order valence-electron chi connectivity index (χ2n) is 13.1. The van der Waals surface area contributed by atoms with E-state index in [2.05, 4.69) is 41.3 Å². The monoisotopic (exact) mass is 614 g/mol.